The molecule has 1 aromatic carbocycles. The lowest BCUT2D eigenvalue weighted by molar-refractivity contribution is 0.251. The molecule has 0 fully saturated rings. The van der Waals surface area contributed by atoms with Crippen LogP contribution in [-0.2, 0) is 6.54 Å². The molecule has 0 aliphatic carbocycles. The Labute approximate surface area is 129 Å². The van der Waals surface area contributed by atoms with Gasteiger partial charge in [-0.1, -0.05) is 12.1 Å². The fourth-order valence-electron chi connectivity index (χ4n) is 1.80. The molecule has 1 heterocycles. The zero-order chi connectivity index (χ0) is 15.9. The van der Waals surface area contributed by atoms with Gasteiger partial charge in [-0.15, -0.1) is 0 Å². The van der Waals surface area contributed by atoms with Crippen molar-refractivity contribution in [2.24, 2.45) is 0 Å². The van der Waals surface area contributed by atoms with E-state index in [1.54, 1.807) is 31.5 Å². The average Bonchev–Trinajstić information content (AvgIpc) is 2.53. The standard InChI is InChI=1S/C15H19N5O2/c1-20(2)14-8-9-16-13(19-14)10-17-15(21)18-11-6-4-5-7-12(11)22-3/h4-9H,10H2,1-3H3,(H2,17,18,21). The number of hydrogen-bond acceptors (Lipinski definition) is 5. The number of aromatic nitrogens is 2. The van der Waals surface area contributed by atoms with Crippen LogP contribution in [0.4, 0.5) is 16.3 Å². The van der Waals surface area contributed by atoms with Crippen LogP contribution in [0.3, 0.4) is 0 Å². The number of carbonyl (C=O) groups is 1. The summed E-state index contributed by atoms with van der Waals surface area (Å²) < 4.78 is 5.18. The molecule has 2 N–H and O–H groups in total. The Kier molecular flexibility index (Phi) is 5.13. The zero-order valence-electron chi connectivity index (χ0n) is 12.8. The number of carbonyl (C=O) groups excluding carboxylic acids is 1. The van der Waals surface area contributed by atoms with E-state index in [2.05, 4.69) is 20.6 Å². The summed E-state index contributed by atoms with van der Waals surface area (Å²) in [6, 6.07) is 8.66. The van der Waals surface area contributed by atoms with Crippen molar-refractivity contribution in [3.8, 4) is 5.75 Å². The maximum atomic E-state index is 11.9. The number of benzene rings is 1. The topological polar surface area (TPSA) is 79.4 Å². The number of nitrogens with one attached hydrogen (secondary N) is 2. The van der Waals surface area contributed by atoms with Crippen LogP contribution < -0.4 is 20.3 Å². The summed E-state index contributed by atoms with van der Waals surface area (Å²) in [4.78, 5) is 22.3. The summed E-state index contributed by atoms with van der Waals surface area (Å²) in [6.45, 7) is 0.239. The average molecular weight is 301 g/mol. The fraction of sp³-hybridized carbons (Fsp3) is 0.267. The van der Waals surface area contributed by atoms with E-state index in [-0.39, 0.29) is 12.6 Å². The van der Waals surface area contributed by atoms with Gasteiger partial charge in [-0.25, -0.2) is 14.8 Å². The quantitative estimate of drug-likeness (QED) is 0.881. The molecule has 0 bridgehead atoms. The lowest BCUT2D eigenvalue weighted by Gasteiger charge is -2.13. The van der Waals surface area contributed by atoms with Gasteiger partial charge in [0.15, 0.2) is 0 Å². The van der Waals surface area contributed by atoms with Crippen LogP contribution in [0.1, 0.15) is 5.82 Å². The third kappa shape index (κ3) is 4.08. The van der Waals surface area contributed by atoms with Crippen molar-refractivity contribution in [1.82, 2.24) is 15.3 Å². The van der Waals surface area contributed by atoms with Crippen LogP contribution >= 0.6 is 0 Å². The van der Waals surface area contributed by atoms with E-state index in [4.69, 9.17) is 4.74 Å². The van der Waals surface area contributed by atoms with Crippen molar-refractivity contribution in [2.45, 2.75) is 6.54 Å². The number of nitrogens with zero attached hydrogens (tertiary/aromatic N) is 3. The monoisotopic (exact) mass is 301 g/mol. The van der Waals surface area contributed by atoms with Crippen molar-refractivity contribution in [2.75, 3.05) is 31.4 Å². The first-order valence-electron chi connectivity index (χ1n) is 6.77. The second-order valence-electron chi connectivity index (χ2n) is 4.73. The minimum atomic E-state index is -0.344. The van der Waals surface area contributed by atoms with E-state index in [9.17, 15) is 4.79 Å². The van der Waals surface area contributed by atoms with Crippen LogP contribution in [0, 0.1) is 0 Å². The van der Waals surface area contributed by atoms with Crippen LogP contribution in [0.15, 0.2) is 36.5 Å². The van der Waals surface area contributed by atoms with Crippen LogP contribution in [-0.4, -0.2) is 37.2 Å². The molecule has 1 aromatic heterocycles. The van der Waals surface area contributed by atoms with Crippen LogP contribution in [0.2, 0.25) is 0 Å². The van der Waals surface area contributed by atoms with E-state index in [1.165, 1.54) is 0 Å². The number of ether oxygens (including phenoxy) is 1. The summed E-state index contributed by atoms with van der Waals surface area (Å²) in [5.41, 5.74) is 0.602. The first-order chi connectivity index (χ1) is 10.6. The molecule has 7 nitrogen and oxygen atoms in total. The van der Waals surface area contributed by atoms with E-state index >= 15 is 0 Å². The zero-order valence-corrected chi connectivity index (χ0v) is 12.8. The fourth-order valence-corrected chi connectivity index (χ4v) is 1.80. The SMILES string of the molecule is COc1ccccc1NC(=O)NCc1nccc(N(C)C)n1. The summed E-state index contributed by atoms with van der Waals surface area (Å²) in [7, 11) is 5.35. The Morgan fingerprint density at radius 3 is 2.77 bits per heavy atom. The summed E-state index contributed by atoms with van der Waals surface area (Å²) in [5, 5.41) is 5.44. The van der Waals surface area contributed by atoms with Gasteiger partial charge in [-0.2, -0.15) is 0 Å². The Morgan fingerprint density at radius 1 is 1.27 bits per heavy atom. The molecule has 0 radical (unpaired) electrons. The van der Waals surface area contributed by atoms with Gasteiger partial charge in [0.25, 0.3) is 0 Å². The molecular formula is C15H19N5O2. The third-order valence-electron chi connectivity index (χ3n) is 2.91. The molecule has 0 spiro atoms. The molecule has 116 valence electrons. The first-order valence-corrected chi connectivity index (χ1v) is 6.77. The lowest BCUT2D eigenvalue weighted by atomic mass is 10.3. The minimum Gasteiger partial charge on any atom is -0.495 e. The van der Waals surface area contributed by atoms with Crippen molar-refractivity contribution in [3.05, 3.63) is 42.4 Å². The van der Waals surface area contributed by atoms with Gasteiger partial charge in [-0.3, -0.25) is 0 Å². The second kappa shape index (κ2) is 7.26. The first kappa shape index (κ1) is 15.6. The Balaban J connectivity index is 1.94. The van der Waals surface area contributed by atoms with E-state index in [1.807, 2.05) is 31.1 Å². The van der Waals surface area contributed by atoms with Gasteiger partial charge >= 0.3 is 6.03 Å². The highest BCUT2D eigenvalue weighted by Gasteiger charge is 2.07. The normalized spacial score (nSPS) is 9.95. The van der Waals surface area contributed by atoms with Crippen molar-refractivity contribution < 1.29 is 9.53 Å². The molecular weight excluding hydrogens is 282 g/mol. The molecule has 0 saturated heterocycles. The van der Waals surface area contributed by atoms with Crippen molar-refractivity contribution in [3.63, 3.8) is 0 Å². The number of rotatable bonds is 5. The molecule has 0 aliphatic rings. The highest BCUT2D eigenvalue weighted by Crippen LogP contribution is 2.22. The predicted octanol–water partition coefficient (Wildman–Crippen LogP) is 1.87. The van der Waals surface area contributed by atoms with Crippen molar-refractivity contribution in [1.29, 1.82) is 0 Å². The number of amides is 2. The van der Waals surface area contributed by atoms with E-state index in [0.29, 0.717) is 17.3 Å². The third-order valence-corrected chi connectivity index (χ3v) is 2.91. The minimum absolute atomic E-state index is 0.239. The molecule has 22 heavy (non-hydrogen) atoms. The number of para-hydroxylation sites is 2. The summed E-state index contributed by atoms with van der Waals surface area (Å²) in [6.07, 6.45) is 1.66. The molecule has 0 unspecified atom stereocenters. The van der Waals surface area contributed by atoms with Crippen molar-refractivity contribution >= 4 is 17.5 Å². The Morgan fingerprint density at radius 2 is 2.05 bits per heavy atom. The smallest absolute Gasteiger partial charge is 0.319 e. The largest absolute Gasteiger partial charge is 0.495 e. The van der Waals surface area contributed by atoms with Gasteiger partial charge < -0.3 is 20.3 Å². The van der Waals surface area contributed by atoms with Gasteiger partial charge in [0.1, 0.15) is 17.4 Å². The maximum absolute atomic E-state index is 11.9. The second-order valence-corrected chi connectivity index (χ2v) is 4.73. The number of methoxy groups -OCH3 is 1. The lowest BCUT2D eigenvalue weighted by Crippen LogP contribution is -2.29. The number of hydrogen-bond donors (Lipinski definition) is 2. The van der Waals surface area contributed by atoms with E-state index in [0.717, 1.165) is 5.82 Å². The predicted molar refractivity (Wildman–Crippen MR) is 85.2 cm³/mol. The molecule has 2 aromatic rings. The van der Waals surface area contributed by atoms with Crippen LogP contribution in [0.25, 0.3) is 0 Å². The molecule has 2 amide bonds. The Hall–Kier alpha value is -2.83. The molecule has 2 rings (SSSR count). The van der Waals surface area contributed by atoms with Gasteiger partial charge in [-0.05, 0) is 18.2 Å². The van der Waals surface area contributed by atoms with Gasteiger partial charge in [0, 0.05) is 20.3 Å². The van der Waals surface area contributed by atoms with Gasteiger partial charge in [0.05, 0.1) is 19.3 Å². The van der Waals surface area contributed by atoms with Crippen LogP contribution in [0.5, 0.6) is 5.75 Å². The van der Waals surface area contributed by atoms with E-state index < -0.39 is 0 Å². The molecule has 0 atom stereocenters. The molecule has 0 saturated carbocycles. The molecule has 0 aliphatic heterocycles. The van der Waals surface area contributed by atoms with Gasteiger partial charge in [0.2, 0.25) is 0 Å². The summed E-state index contributed by atoms with van der Waals surface area (Å²) >= 11 is 0. The highest BCUT2D eigenvalue weighted by atomic mass is 16.5. The highest BCUT2D eigenvalue weighted by molar-refractivity contribution is 5.90. The Bertz CT molecular complexity index is 645. The number of urea groups is 1. The summed E-state index contributed by atoms with van der Waals surface area (Å²) in [5.74, 6) is 1.93. The number of anilines is 2. The maximum Gasteiger partial charge on any atom is 0.319 e. The molecule has 7 heteroatoms.